The van der Waals surface area contributed by atoms with E-state index in [9.17, 15) is 16.8 Å². The number of likely N-dealkylation sites (N-methyl/N-ethyl adjacent to an activating group) is 1. The Balaban J connectivity index is 2.05. The summed E-state index contributed by atoms with van der Waals surface area (Å²) < 4.78 is 53.0. The first-order valence-electron chi connectivity index (χ1n) is 10.7. The zero-order valence-corrected chi connectivity index (χ0v) is 21.6. The number of nitrogens with one attached hydrogen (secondary N) is 1. The molecule has 0 unspecified atom stereocenters. The van der Waals surface area contributed by atoms with Crippen molar-refractivity contribution in [1.29, 1.82) is 0 Å². The van der Waals surface area contributed by atoms with Crippen LogP contribution in [-0.4, -0.2) is 52.9 Å². The monoisotopic (exact) mass is 507 g/mol. The van der Waals surface area contributed by atoms with Gasteiger partial charge in [0.15, 0.2) is 5.03 Å². The minimum atomic E-state index is -4.02. The van der Waals surface area contributed by atoms with Crippen LogP contribution in [0, 0.1) is 13.8 Å². The van der Waals surface area contributed by atoms with Gasteiger partial charge < -0.3 is 10.2 Å². The Bertz CT molecular complexity index is 1290. The van der Waals surface area contributed by atoms with Crippen molar-refractivity contribution >= 4 is 36.0 Å². The summed E-state index contributed by atoms with van der Waals surface area (Å²) in [4.78, 5) is 6.50. The minimum Gasteiger partial charge on any atom is -0.373 e. The maximum Gasteiger partial charge on any atom is 0.233 e. The van der Waals surface area contributed by atoms with Crippen molar-refractivity contribution in [2.45, 2.75) is 46.9 Å². The normalized spacial score (nSPS) is 12.3. The van der Waals surface area contributed by atoms with Crippen molar-refractivity contribution in [2.75, 3.05) is 31.5 Å². The van der Waals surface area contributed by atoms with Crippen molar-refractivity contribution in [3.05, 3.63) is 59.7 Å². The number of sulfone groups is 2. The molecule has 3 aromatic rings. The first-order valence-corrected chi connectivity index (χ1v) is 14.5. The van der Waals surface area contributed by atoms with Crippen molar-refractivity contribution in [1.82, 2.24) is 9.88 Å². The second-order valence-corrected chi connectivity index (χ2v) is 12.7. The lowest BCUT2D eigenvalue weighted by Gasteiger charge is -2.18. The van der Waals surface area contributed by atoms with Gasteiger partial charge in [0.1, 0.15) is 5.00 Å². The third kappa shape index (κ3) is 5.63. The summed E-state index contributed by atoms with van der Waals surface area (Å²) in [5, 5.41) is 3.09. The molecule has 0 spiro atoms. The van der Waals surface area contributed by atoms with Gasteiger partial charge in [-0.1, -0.05) is 60.6 Å². The summed E-state index contributed by atoms with van der Waals surface area (Å²) in [5.41, 5.74) is 1.85. The highest BCUT2D eigenvalue weighted by molar-refractivity contribution is 7.94. The lowest BCUT2D eigenvalue weighted by atomic mass is 10.2. The Morgan fingerprint density at radius 2 is 1.30 bits per heavy atom. The molecule has 33 heavy (non-hydrogen) atoms. The molecule has 1 N–H and O–H groups in total. The predicted octanol–water partition coefficient (Wildman–Crippen LogP) is 4.18. The smallest absolute Gasteiger partial charge is 0.233 e. The molecule has 2 aromatic carbocycles. The van der Waals surface area contributed by atoms with Gasteiger partial charge in [-0.25, -0.2) is 21.8 Å². The second-order valence-electron chi connectivity index (χ2n) is 7.70. The Hall–Kier alpha value is -2.27. The first kappa shape index (κ1) is 25.4. The van der Waals surface area contributed by atoms with Gasteiger partial charge in [-0.05, 0) is 51.2 Å². The molecule has 10 heteroatoms. The van der Waals surface area contributed by atoms with Gasteiger partial charge in [-0.3, -0.25) is 0 Å². The van der Waals surface area contributed by atoms with Gasteiger partial charge in [0, 0.05) is 13.1 Å². The van der Waals surface area contributed by atoms with E-state index in [1.165, 1.54) is 24.3 Å². The second kappa shape index (κ2) is 10.3. The number of thiazole rings is 1. The SMILES string of the molecule is CCN(CC)CCNc1sc(S(=O)(=O)c2ccc(C)cc2)nc1S(=O)(=O)c1ccc(C)cc1. The summed E-state index contributed by atoms with van der Waals surface area (Å²) in [6.07, 6.45) is 0. The van der Waals surface area contributed by atoms with Crippen molar-refractivity contribution in [3.63, 3.8) is 0 Å². The highest BCUT2D eigenvalue weighted by atomic mass is 32.2. The zero-order valence-electron chi connectivity index (χ0n) is 19.2. The van der Waals surface area contributed by atoms with E-state index in [0.29, 0.717) is 13.1 Å². The number of rotatable bonds is 10. The van der Waals surface area contributed by atoms with Gasteiger partial charge >= 0.3 is 0 Å². The van der Waals surface area contributed by atoms with Crippen LogP contribution in [0.3, 0.4) is 0 Å². The standard InChI is InChI=1S/C23H29N3O4S3/c1-5-26(6-2)16-15-24-21-22(32(27,28)19-11-7-17(3)8-12-19)25-23(31-21)33(29,30)20-13-9-18(4)10-14-20/h7-14,24H,5-6,15-16H2,1-4H3. The molecule has 0 aliphatic carbocycles. The van der Waals surface area contributed by atoms with Gasteiger partial charge in [0.25, 0.3) is 0 Å². The molecule has 0 aliphatic rings. The molecule has 1 aromatic heterocycles. The molecule has 3 rings (SSSR count). The topological polar surface area (TPSA) is 96.4 Å². The lowest BCUT2D eigenvalue weighted by Crippen LogP contribution is -2.28. The van der Waals surface area contributed by atoms with Crippen LogP contribution in [0.1, 0.15) is 25.0 Å². The molecule has 0 amide bonds. The number of aryl methyl sites for hydroxylation is 2. The van der Waals surface area contributed by atoms with Crippen molar-refractivity contribution in [3.8, 4) is 0 Å². The van der Waals surface area contributed by atoms with Crippen LogP contribution in [0.15, 0.2) is 67.7 Å². The Labute approximate surface area is 200 Å². The third-order valence-corrected chi connectivity index (χ3v) is 10.3. The van der Waals surface area contributed by atoms with Crippen LogP contribution in [0.5, 0.6) is 0 Å². The van der Waals surface area contributed by atoms with Gasteiger partial charge in [0.2, 0.25) is 24.0 Å². The van der Waals surface area contributed by atoms with Crippen LogP contribution < -0.4 is 5.32 Å². The van der Waals surface area contributed by atoms with E-state index in [4.69, 9.17) is 0 Å². The van der Waals surface area contributed by atoms with Crippen molar-refractivity contribution in [2.24, 2.45) is 0 Å². The highest BCUT2D eigenvalue weighted by Crippen LogP contribution is 2.36. The van der Waals surface area contributed by atoms with E-state index >= 15 is 0 Å². The molecule has 0 radical (unpaired) electrons. The van der Waals surface area contributed by atoms with Gasteiger partial charge in [0.05, 0.1) is 9.79 Å². The molecule has 0 saturated heterocycles. The van der Waals surface area contributed by atoms with E-state index in [1.54, 1.807) is 24.3 Å². The summed E-state index contributed by atoms with van der Waals surface area (Å²) in [6.45, 7) is 10.7. The van der Waals surface area contributed by atoms with E-state index in [1.807, 2.05) is 13.8 Å². The van der Waals surface area contributed by atoms with Crippen LogP contribution >= 0.6 is 11.3 Å². The molecule has 0 saturated carbocycles. The molecule has 7 nitrogen and oxygen atoms in total. The lowest BCUT2D eigenvalue weighted by molar-refractivity contribution is 0.316. The average molecular weight is 508 g/mol. The maximum atomic E-state index is 13.4. The van der Waals surface area contributed by atoms with Gasteiger partial charge in [-0.2, -0.15) is 0 Å². The molecule has 178 valence electrons. The molecular weight excluding hydrogens is 478 g/mol. The molecule has 0 atom stereocenters. The maximum absolute atomic E-state index is 13.4. The summed E-state index contributed by atoms with van der Waals surface area (Å²) in [6, 6.07) is 12.9. The Morgan fingerprint density at radius 3 is 1.79 bits per heavy atom. The molecule has 0 aliphatic heterocycles. The van der Waals surface area contributed by atoms with E-state index in [2.05, 4.69) is 29.0 Å². The van der Waals surface area contributed by atoms with Crippen LogP contribution in [0.4, 0.5) is 5.00 Å². The number of hydrogen-bond donors (Lipinski definition) is 1. The highest BCUT2D eigenvalue weighted by Gasteiger charge is 2.31. The fourth-order valence-electron chi connectivity index (χ4n) is 3.21. The molecule has 0 bridgehead atoms. The van der Waals surface area contributed by atoms with Crippen LogP contribution in [0.25, 0.3) is 0 Å². The number of benzene rings is 2. The van der Waals surface area contributed by atoms with E-state index in [-0.39, 0.29) is 24.2 Å². The predicted molar refractivity (Wildman–Crippen MR) is 132 cm³/mol. The van der Waals surface area contributed by atoms with Gasteiger partial charge in [-0.15, -0.1) is 0 Å². The largest absolute Gasteiger partial charge is 0.373 e. The van der Waals surface area contributed by atoms with Crippen LogP contribution in [0.2, 0.25) is 0 Å². The number of aromatic nitrogens is 1. The fraction of sp³-hybridized carbons (Fsp3) is 0.348. The molecule has 0 fully saturated rings. The van der Waals surface area contributed by atoms with E-state index < -0.39 is 19.7 Å². The average Bonchev–Trinajstić information content (AvgIpc) is 3.23. The zero-order chi connectivity index (χ0) is 24.2. The molecular formula is C23H29N3O4S3. The number of nitrogens with zero attached hydrogens (tertiary/aromatic N) is 2. The third-order valence-electron chi connectivity index (χ3n) is 5.33. The van der Waals surface area contributed by atoms with Crippen LogP contribution in [-0.2, 0) is 19.7 Å². The quantitative estimate of drug-likeness (QED) is 0.440. The minimum absolute atomic E-state index is 0.0736. The number of anilines is 1. The van der Waals surface area contributed by atoms with E-state index in [0.717, 1.165) is 35.6 Å². The first-order chi connectivity index (χ1) is 15.6. The van der Waals surface area contributed by atoms with Crippen molar-refractivity contribution < 1.29 is 16.8 Å². The summed E-state index contributed by atoms with van der Waals surface area (Å²) >= 11 is 0.849. The summed E-state index contributed by atoms with van der Waals surface area (Å²) in [7, 11) is -7.98. The number of hydrogen-bond acceptors (Lipinski definition) is 8. The fourth-order valence-corrected chi connectivity index (χ4v) is 7.53. The molecule has 1 heterocycles. The Morgan fingerprint density at radius 1 is 0.818 bits per heavy atom. The Kier molecular flexibility index (Phi) is 7.94. The summed E-state index contributed by atoms with van der Waals surface area (Å²) in [5.74, 6) is 0.